The SMILES string of the molecule is CCCC(=O)O[C@@H]1[C@@H](OC(C)=O)C/C(C)=C\[C@H]2OC(=O)[C@@]3(C)O[C@@]23[C@H](O)[C@@H]2[C@]3(C)O[C@@H]3C[C@@H](OC(C)=O)[C@@]12C. The van der Waals surface area contributed by atoms with Gasteiger partial charge in [-0.2, -0.15) is 0 Å². The lowest BCUT2D eigenvalue weighted by atomic mass is 9.53. The minimum Gasteiger partial charge on any atom is -0.462 e. The number of aliphatic hydroxyl groups excluding tert-OH is 1. The molecule has 39 heavy (non-hydrogen) atoms. The molecule has 3 aliphatic heterocycles. The van der Waals surface area contributed by atoms with Crippen LogP contribution in [0.15, 0.2) is 11.6 Å². The summed E-state index contributed by atoms with van der Waals surface area (Å²) in [6.07, 6.45) is -2.90. The molecule has 11 nitrogen and oxygen atoms in total. The Balaban J connectivity index is 1.74. The third-order valence-electron chi connectivity index (χ3n) is 9.51. The number of hydrogen-bond acceptors (Lipinski definition) is 11. The number of ether oxygens (including phenoxy) is 6. The van der Waals surface area contributed by atoms with Gasteiger partial charge in [0.25, 0.3) is 0 Å². The summed E-state index contributed by atoms with van der Waals surface area (Å²) in [5.74, 6) is -3.13. The highest BCUT2D eigenvalue weighted by Gasteiger charge is 2.88. The zero-order valence-electron chi connectivity index (χ0n) is 23.5. The van der Waals surface area contributed by atoms with E-state index in [4.69, 9.17) is 28.4 Å². The monoisotopic (exact) mass is 550 g/mol. The summed E-state index contributed by atoms with van der Waals surface area (Å²) in [6.45, 7) is 11.4. The average Bonchev–Trinajstić information content (AvgIpc) is 3.65. The van der Waals surface area contributed by atoms with Crippen LogP contribution in [0.25, 0.3) is 0 Å². The molecule has 3 heterocycles. The molecule has 11 atom stereocenters. The lowest BCUT2D eigenvalue weighted by Gasteiger charge is -2.54. The van der Waals surface area contributed by atoms with Crippen LogP contribution >= 0.6 is 0 Å². The molecular weight excluding hydrogens is 512 g/mol. The molecule has 1 N–H and O–H groups in total. The first kappa shape index (κ1) is 28.0. The molecule has 5 rings (SSSR count). The smallest absolute Gasteiger partial charge is 0.342 e. The zero-order chi connectivity index (χ0) is 28.7. The van der Waals surface area contributed by atoms with Crippen LogP contribution in [0.5, 0.6) is 0 Å². The summed E-state index contributed by atoms with van der Waals surface area (Å²) >= 11 is 0. The molecule has 2 aliphatic carbocycles. The summed E-state index contributed by atoms with van der Waals surface area (Å²) in [5, 5.41) is 12.3. The Labute approximate surface area is 227 Å². The molecule has 0 radical (unpaired) electrons. The average molecular weight is 551 g/mol. The van der Waals surface area contributed by atoms with Crippen LogP contribution < -0.4 is 0 Å². The van der Waals surface area contributed by atoms with Crippen LogP contribution in [-0.2, 0) is 47.6 Å². The summed E-state index contributed by atoms with van der Waals surface area (Å²) < 4.78 is 35.7. The quantitative estimate of drug-likeness (QED) is 0.231. The highest BCUT2D eigenvalue weighted by atomic mass is 16.7. The van der Waals surface area contributed by atoms with E-state index in [1.54, 1.807) is 26.8 Å². The van der Waals surface area contributed by atoms with Gasteiger partial charge in [-0.05, 0) is 33.3 Å². The van der Waals surface area contributed by atoms with Crippen LogP contribution in [0.1, 0.15) is 74.1 Å². The normalized spacial score (nSPS) is 49.0. The van der Waals surface area contributed by atoms with Gasteiger partial charge >= 0.3 is 23.9 Å². The van der Waals surface area contributed by atoms with Crippen molar-refractivity contribution in [1.82, 2.24) is 0 Å². The van der Waals surface area contributed by atoms with Gasteiger partial charge in [-0.25, -0.2) is 4.79 Å². The second-order valence-corrected chi connectivity index (χ2v) is 12.2. The highest BCUT2D eigenvalue weighted by molar-refractivity contribution is 5.89. The molecule has 3 saturated heterocycles. The van der Waals surface area contributed by atoms with Gasteiger partial charge in [0.05, 0.1) is 23.2 Å². The molecule has 1 spiro atoms. The molecule has 4 fully saturated rings. The molecule has 0 amide bonds. The fourth-order valence-corrected chi connectivity index (χ4v) is 7.63. The fraction of sp³-hybridized carbons (Fsp3) is 0.786. The van der Waals surface area contributed by atoms with Crippen molar-refractivity contribution >= 4 is 23.9 Å². The van der Waals surface area contributed by atoms with Gasteiger partial charge in [-0.15, -0.1) is 0 Å². The first-order valence-corrected chi connectivity index (χ1v) is 13.6. The molecule has 11 heteroatoms. The van der Waals surface area contributed by atoms with Gasteiger partial charge in [-0.3, -0.25) is 14.4 Å². The van der Waals surface area contributed by atoms with E-state index in [0.717, 1.165) is 0 Å². The van der Waals surface area contributed by atoms with E-state index in [2.05, 4.69) is 0 Å². The molecule has 0 aromatic heterocycles. The van der Waals surface area contributed by atoms with Gasteiger partial charge in [0.15, 0.2) is 17.3 Å². The number of aliphatic hydroxyl groups is 1. The van der Waals surface area contributed by atoms with Crippen molar-refractivity contribution in [3.05, 3.63) is 11.6 Å². The molecule has 0 aromatic carbocycles. The first-order chi connectivity index (χ1) is 18.1. The van der Waals surface area contributed by atoms with Crippen molar-refractivity contribution in [1.29, 1.82) is 0 Å². The number of rotatable bonds is 5. The third kappa shape index (κ3) is 3.94. The van der Waals surface area contributed by atoms with Crippen LogP contribution in [0.4, 0.5) is 0 Å². The molecule has 0 unspecified atom stereocenters. The predicted octanol–water partition coefficient (Wildman–Crippen LogP) is 1.91. The van der Waals surface area contributed by atoms with Crippen LogP contribution in [0.3, 0.4) is 0 Å². The maximum Gasteiger partial charge on any atom is 0.342 e. The number of hydrogen-bond donors (Lipinski definition) is 1. The minimum atomic E-state index is -1.43. The molecule has 216 valence electrons. The third-order valence-corrected chi connectivity index (χ3v) is 9.51. The summed E-state index contributed by atoms with van der Waals surface area (Å²) in [6, 6.07) is 0. The lowest BCUT2D eigenvalue weighted by molar-refractivity contribution is -0.225. The Bertz CT molecular complexity index is 1130. The van der Waals surface area contributed by atoms with Gasteiger partial charge < -0.3 is 33.5 Å². The zero-order valence-corrected chi connectivity index (χ0v) is 23.5. The fourth-order valence-electron chi connectivity index (χ4n) is 7.63. The number of esters is 4. The van der Waals surface area contributed by atoms with Crippen molar-refractivity contribution in [2.45, 2.75) is 128 Å². The second-order valence-electron chi connectivity index (χ2n) is 12.2. The standard InChI is InChI=1S/C28H38O11/c1-8-9-20(31)37-23-16(34-14(3)29)10-13(2)11-19-28(27(7,39-28)24(33)36-19)22(32)21-25(23,5)17(35-15(4)30)12-18-26(21,6)38-18/h11,16-19,21-23,32H,8-10,12H2,1-7H3/b13-11-/t16-,17+,18+,19+,21-,22+,23+,25+,26+,27+,28+/m0/s1. The van der Waals surface area contributed by atoms with Gasteiger partial charge in [0.1, 0.15) is 18.3 Å². The summed E-state index contributed by atoms with van der Waals surface area (Å²) in [4.78, 5) is 50.7. The molecular formula is C28H38O11. The van der Waals surface area contributed by atoms with Crippen LogP contribution in [0.2, 0.25) is 0 Å². The van der Waals surface area contributed by atoms with E-state index in [0.29, 0.717) is 12.0 Å². The largest absolute Gasteiger partial charge is 0.462 e. The molecule has 0 bridgehead atoms. The van der Waals surface area contributed by atoms with Crippen molar-refractivity contribution in [3.8, 4) is 0 Å². The first-order valence-electron chi connectivity index (χ1n) is 13.6. The number of carbonyl (C=O) groups excluding carboxylic acids is 4. The Morgan fingerprint density at radius 3 is 2.36 bits per heavy atom. The van der Waals surface area contributed by atoms with E-state index >= 15 is 0 Å². The van der Waals surface area contributed by atoms with E-state index in [1.165, 1.54) is 13.8 Å². The van der Waals surface area contributed by atoms with Crippen molar-refractivity contribution in [3.63, 3.8) is 0 Å². The molecule has 0 aromatic rings. The Kier molecular flexibility index (Phi) is 6.48. The second kappa shape index (κ2) is 9.01. The van der Waals surface area contributed by atoms with E-state index in [9.17, 15) is 24.3 Å². The van der Waals surface area contributed by atoms with Crippen LogP contribution in [-0.4, -0.2) is 82.4 Å². The Morgan fingerprint density at radius 2 is 1.77 bits per heavy atom. The van der Waals surface area contributed by atoms with E-state index in [1.807, 2.05) is 13.8 Å². The minimum absolute atomic E-state index is 0.117. The Hall–Kier alpha value is -2.50. The van der Waals surface area contributed by atoms with Crippen LogP contribution in [0, 0.1) is 11.3 Å². The van der Waals surface area contributed by atoms with Gasteiger partial charge in [-0.1, -0.05) is 19.4 Å². The summed E-state index contributed by atoms with van der Waals surface area (Å²) in [5.41, 5.74) is -4.41. The maximum atomic E-state index is 13.1. The van der Waals surface area contributed by atoms with E-state index in [-0.39, 0.29) is 25.4 Å². The number of epoxide rings is 2. The van der Waals surface area contributed by atoms with E-state index < -0.39 is 82.5 Å². The molecule has 1 saturated carbocycles. The predicted molar refractivity (Wildman–Crippen MR) is 132 cm³/mol. The summed E-state index contributed by atoms with van der Waals surface area (Å²) in [7, 11) is 0. The van der Waals surface area contributed by atoms with Crippen molar-refractivity contribution in [2.24, 2.45) is 11.3 Å². The highest BCUT2D eigenvalue weighted by Crippen LogP contribution is 2.69. The van der Waals surface area contributed by atoms with Crippen molar-refractivity contribution < 1.29 is 52.7 Å². The van der Waals surface area contributed by atoms with Gasteiger partial charge in [0.2, 0.25) is 0 Å². The van der Waals surface area contributed by atoms with Gasteiger partial charge in [0, 0.05) is 39.0 Å². The Morgan fingerprint density at radius 1 is 1.10 bits per heavy atom. The van der Waals surface area contributed by atoms with Crippen molar-refractivity contribution in [2.75, 3.05) is 0 Å². The number of fused-ring (bicyclic) bond motifs is 3. The topological polar surface area (TPSA) is 150 Å². The lowest BCUT2D eigenvalue weighted by Crippen LogP contribution is -2.67. The number of carbonyl (C=O) groups is 4. The maximum absolute atomic E-state index is 13.1. The molecule has 5 aliphatic rings.